The summed E-state index contributed by atoms with van der Waals surface area (Å²) in [5.74, 6) is -0.989. The van der Waals surface area contributed by atoms with Crippen molar-refractivity contribution >= 4 is 11.6 Å². The normalized spacial score (nSPS) is 12.1. The number of carbonyl (C=O) groups is 1. The molecule has 0 atom stereocenters. The van der Waals surface area contributed by atoms with Crippen molar-refractivity contribution in [1.29, 1.82) is 0 Å². The van der Waals surface area contributed by atoms with Crippen molar-refractivity contribution in [2.45, 2.75) is 25.7 Å². The number of hydrogen-bond acceptors (Lipinski definition) is 3. The number of ether oxygens (including phenoxy) is 1. The molecule has 0 aliphatic rings. The number of rotatable bonds is 4. The second-order valence-corrected chi connectivity index (χ2v) is 4.19. The van der Waals surface area contributed by atoms with Gasteiger partial charge in [0.1, 0.15) is 11.3 Å². The van der Waals surface area contributed by atoms with Crippen molar-refractivity contribution in [3.05, 3.63) is 24.3 Å². The van der Waals surface area contributed by atoms with Crippen LogP contribution in [-0.2, 0) is 4.79 Å². The fourth-order valence-electron chi connectivity index (χ4n) is 1.19. The van der Waals surface area contributed by atoms with E-state index >= 15 is 0 Å². The van der Waals surface area contributed by atoms with Gasteiger partial charge in [-0.05, 0) is 26.0 Å². The molecule has 0 aliphatic heterocycles. The first-order valence-electron chi connectivity index (χ1n) is 5.04. The number of nitrogens with one attached hydrogen (secondary N) is 1. The standard InChI is InChI=1S/C11H13F3N2O2/c1-10(2,9(15)17)16-7-4-3-5-8(6-7)18-11(12,13)14/h3-6,16H,1-2H3,(H2,15,17). The molecule has 0 heterocycles. The number of alkyl halides is 3. The highest BCUT2D eigenvalue weighted by Crippen LogP contribution is 2.26. The van der Waals surface area contributed by atoms with Gasteiger partial charge < -0.3 is 15.8 Å². The van der Waals surface area contributed by atoms with Crippen molar-refractivity contribution in [2.75, 3.05) is 5.32 Å². The molecule has 3 N–H and O–H groups in total. The molecule has 0 saturated carbocycles. The predicted molar refractivity (Wildman–Crippen MR) is 60.0 cm³/mol. The van der Waals surface area contributed by atoms with Gasteiger partial charge in [0.25, 0.3) is 0 Å². The minimum atomic E-state index is -4.75. The maximum Gasteiger partial charge on any atom is 0.573 e. The maximum atomic E-state index is 12.0. The number of anilines is 1. The van der Waals surface area contributed by atoms with Crippen LogP contribution in [-0.4, -0.2) is 17.8 Å². The van der Waals surface area contributed by atoms with Crippen LogP contribution in [0.3, 0.4) is 0 Å². The minimum Gasteiger partial charge on any atom is -0.406 e. The Bertz CT molecular complexity index is 444. The quantitative estimate of drug-likeness (QED) is 0.874. The highest BCUT2D eigenvalue weighted by atomic mass is 19.4. The molecule has 18 heavy (non-hydrogen) atoms. The van der Waals surface area contributed by atoms with E-state index in [9.17, 15) is 18.0 Å². The van der Waals surface area contributed by atoms with Gasteiger partial charge >= 0.3 is 6.36 Å². The summed E-state index contributed by atoms with van der Waals surface area (Å²) in [5, 5.41) is 2.72. The van der Waals surface area contributed by atoms with Gasteiger partial charge in [0.2, 0.25) is 5.91 Å². The van der Waals surface area contributed by atoms with Crippen LogP contribution in [0, 0.1) is 0 Å². The lowest BCUT2D eigenvalue weighted by molar-refractivity contribution is -0.274. The van der Waals surface area contributed by atoms with E-state index in [1.165, 1.54) is 26.0 Å². The van der Waals surface area contributed by atoms with Gasteiger partial charge in [0.15, 0.2) is 0 Å². The molecule has 0 saturated heterocycles. The van der Waals surface area contributed by atoms with Crippen molar-refractivity contribution in [1.82, 2.24) is 0 Å². The van der Waals surface area contributed by atoms with Gasteiger partial charge in [-0.15, -0.1) is 13.2 Å². The summed E-state index contributed by atoms with van der Waals surface area (Å²) in [5.41, 5.74) is 4.38. The van der Waals surface area contributed by atoms with E-state index in [4.69, 9.17) is 5.73 Å². The Morgan fingerprint density at radius 3 is 2.44 bits per heavy atom. The summed E-state index contributed by atoms with van der Waals surface area (Å²) in [6.07, 6.45) is -4.75. The summed E-state index contributed by atoms with van der Waals surface area (Å²) in [6.45, 7) is 3.04. The van der Waals surface area contributed by atoms with Gasteiger partial charge in [-0.2, -0.15) is 0 Å². The average Bonchev–Trinajstić information content (AvgIpc) is 2.13. The predicted octanol–water partition coefficient (Wildman–Crippen LogP) is 2.26. The summed E-state index contributed by atoms with van der Waals surface area (Å²) >= 11 is 0. The Labute approximate surface area is 102 Å². The lowest BCUT2D eigenvalue weighted by Crippen LogP contribution is -2.45. The molecule has 0 bridgehead atoms. The summed E-state index contributed by atoms with van der Waals surface area (Å²) in [6, 6.07) is 5.18. The minimum absolute atomic E-state index is 0.306. The van der Waals surface area contributed by atoms with Crippen LogP contribution in [0.2, 0.25) is 0 Å². The van der Waals surface area contributed by atoms with Crippen LogP contribution in [0.25, 0.3) is 0 Å². The number of carbonyl (C=O) groups excluding carboxylic acids is 1. The topological polar surface area (TPSA) is 64.3 Å². The molecule has 1 aromatic rings. The van der Waals surface area contributed by atoms with Gasteiger partial charge in [0.05, 0.1) is 0 Å². The molecule has 0 unspecified atom stereocenters. The summed E-state index contributed by atoms with van der Waals surface area (Å²) < 4.78 is 39.8. The van der Waals surface area contributed by atoms with Gasteiger partial charge in [-0.3, -0.25) is 4.79 Å². The molecule has 7 heteroatoms. The lowest BCUT2D eigenvalue weighted by atomic mass is 10.0. The van der Waals surface area contributed by atoms with Crippen LogP contribution in [0.15, 0.2) is 24.3 Å². The van der Waals surface area contributed by atoms with Crippen LogP contribution in [0.1, 0.15) is 13.8 Å². The Morgan fingerprint density at radius 1 is 1.33 bits per heavy atom. The molecule has 1 rings (SSSR count). The van der Waals surface area contributed by atoms with Crippen molar-refractivity contribution in [3.8, 4) is 5.75 Å². The van der Waals surface area contributed by atoms with Gasteiger partial charge in [-0.1, -0.05) is 6.07 Å². The molecule has 1 aromatic carbocycles. The van der Waals surface area contributed by atoms with Crippen molar-refractivity contribution in [3.63, 3.8) is 0 Å². The third-order valence-corrected chi connectivity index (χ3v) is 2.14. The second kappa shape index (κ2) is 4.75. The highest BCUT2D eigenvalue weighted by molar-refractivity contribution is 5.86. The highest BCUT2D eigenvalue weighted by Gasteiger charge is 2.31. The first kappa shape index (κ1) is 14.1. The fourth-order valence-corrected chi connectivity index (χ4v) is 1.19. The van der Waals surface area contributed by atoms with E-state index in [0.717, 1.165) is 12.1 Å². The van der Waals surface area contributed by atoms with Crippen LogP contribution in [0.4, 0.5) is 18.9 Å². The summed E-state index contributed by atoms with van der Waals surface area (Å²) in [7, 11) is 0. The van der Waals surface area contributed by atoms with Crippen LogP contribution in [0.5, 0.6) is 5.75 Å². The SMILES string of the molecule is CC(C)(Nc1cccc(OC(F)(F)F)c1)C(N)=O. The summed E-state index contributed by atoms with van der Waals surface area (Å²) in [4.78, 5) is 11.1. The molecule has 100 valence electrons. The third kappa shape index (κ3) is 4.15. The van der Waals surface area contributed by atoms with Crippen molar-refractivity contribution in [2.24, 2.45) is 5.73 Å². The number of nitrogens with two attached hydrogens (primary N) is 1. The van der Waals surface area contributed by atoms with E-state index in [0.29, 0.717) is 5.69 Å². The molecule has 0 aromatic heterocycles. The molecular weight excluding hydrogens is 249 g/mol. The van der Waals surface area contributed by atoms with E-state index < -0.39 is 17.8 Å². The number of benzene rings is 1. The van der Waals surface area contributed by atoms with E-state index in [1.807, 2.05) is 0 Å². The molecule has 4 nitrogen and oxygen atoms in total. The first-order chi connectivity index (χ1) is 8.10. The average molecular weight is 262 g/mol. The zero-order valence-corrected chi connectivity index (χ0v) is 9.84. The smallest absolute Gasteiger partial charge is 0.406 e. The number of hydrogen-bond donors (Lipinski definition) is 2. The van der Waals surface area contributed by atoms with E-state index in [1.54, 1.807) is 0 Å². The van der Waals surface area contributed by atoms with Crippen LogP contribution < -0.4 is 15.8 Å². The van der Waals surface area contributed by atoms with Gasteiger partial charge in [0, 0.05) is 11.8 Å². The molecule has 0 spiro atoms. The number of halogens is 3. The molecule has 0 aliphatic carbocycles. The zero-order valence-electron chi connectivity index (χ0n) is 9.84. The number of amides is 1. The Balaban J connectivity index is 2.86. The van der Waals surface area contributed by atoms with E-state index in [-0.39, 0.29) is 5.75 Å². The monoisotopic (exact) mass is 262 g/mol. The Morgan fingerprint density at radius 2 is 1.94 bits per heavy atom. The maximum absolute atomic E-state index is 12.0. The second-order valence-electron chi connectivity index (χ2n) is 4.19. The lowest BCUT2D eigenvalue weighted by Gasteiger charge is -2.24. The first-order valence-corrected chi connectivity index (χ1v) is 5.04. The molecule has 1 amide bonds. The van der Waals surface area contributed by atoms with Crippen LogP contribution >= 0.6 is 0 Å². The Kier molecular flexibility index (Phi) is 3.73. The molecule has 0 radical (unpaired) electrons. The van der Waals surface area contributed by atoms with Gasteiger partial charge in [-0.25, -0.2) is 0 Å². The molecule has 0 fully saturated rings. The number of primary amides is 1. The van der Waals surface area contributed by atoms with Crippen molar-refractivity contribution < 1.29 is 22.7 Å². The van der Waals surface area contributed by atoms with E-state index in [2.05, 4.69) is 10.1 Å². The zero-order chi connectivity index (χ0) is 14.0. The largest absolute Gasteiger partial charge is 0.573 e. The Hall–Kier alpha value is -1.92. The molecular formula is C11H13F3N2O2. The fraction of sp³-hybridized carbons (Fsp3) is 0.364. The third-order valence-electron chi connectivity index (χ3n) is 2.14.